The van der Waals surface area contributed by atoms with E-state index in [4.69, 9.17) is 0 Å². The van der Waals surface area contributed by atoms with Crippen LogP contribution in [0.5, 0.6) is 0 Å². The van der Waals surface area contributed by atoms with Gasteiger partial charge in [0, 0.05) is 49.5 Å². The minimum Gasteiger partial charge on any atom is -0.337 e. The zero-order valence-corrected chi connectivity index (χ0v) is 16.5. The van der Waals surface area contributed by atoms with Gasteiger partial charge in [0.15, 0.2) is 4.96 Å². The van der Waals surface area contributed by atoms with E-state index in [2.05, 4.69) is 20.7 Å². The highest BCUT2D eigenvalue weighted by Crippen LogP contribution is 2.32. The lowest BCUT2D eigenvalue weighted by Gasteiger charge is -2.33. The first-order valence-electron chi connectivity index (χ1n) is 9.93. The summed E-state index contributed by atoms with van der Waals surface area (Å²) in [6, 6.07) is 0. The van der Waals surface area contributed by atoms with E-state index in [9.17, 15) is 4.79 Å². The van der Waals surface area contributed by atoms with Gasteiger partial charge < -0.3 is 9.47 Å². The van der Waals surface area contributed by atoms with Crippen LogP contribution < -0.4 is 0 Å². The van der Waals surface area contributed by atoms with E-state index in [0.29, 0.717) is 5.92 Å². The van der Waals surface area contributed by atoms with Crippen molar-refractivity contribution in [2.75, 3.05) is 13.1 Å². The maximum absolute atomic E-state index is 13.1. The van der Waals surface area contributed by atoms with Gasteiger partial charge in [0.1, 0.15) is 11.5 Å². The van der Waals surface area contributed by atoms with Gasteiger partial charge >= 0.3 is 0 Å². The predicted octanol–water partition coefficient (Wildman–Crippen LogP) is 3.72. The molecule has 2 aliphatic rings. The van der Waals surface area contributed by atoms with Gasteiger partial charge in [0.05, 0.1) is 5.69 Å². The van der Waals surface area contributed by atoms with Crippen molar-refractivity contribution in [1.82, 2.24) is 23.8 Å². The summed E-state index contributed by atoms with van der Waals surface area (Å²) in [6.45, 7) is 4.61. The summed E-state index contributed by atoms with van der Waals surface area (Å²) in [4.78, 5) is 25.2. The third kappa shape index (κ3) is 2.98. The molecule has 0 bridgehead atoms. The van der Waals surface area contributed by atoms with Crippen molar-refractivity contribution in [3.05, 3.63) is 41.2 Å². The van der Waals surface area contributed by atoms with E-state index >= 15 is 0 Å². The number of fused-ring (bicyclic) bond motifs is 1. The summed E-state index contributed by atoms with van der Waals surface area (Å²) in [5.41, 5.74) is 1.54. The summed E-state index contributed by atoms with van der Waals surface area (Å²) in [5, 5.41) is 1.98. The molecule has 0 radical (unpaired) electrons. The second-order valence-electron chi connectivity index (χ2n) is 7.90. The molecule has 27 heavy (non-hydrogen) atoms. The fourth-order valence-electron chi connectivity index (χ4n) is 4.43. The lowest BCUT2D eigenvalue weighted by molar-refractivity contribution is 0.0702. The fraction of sp³-hybridized carbons (Fsp3) is 0.550. The zero-order chi connectivity index (χ0) is 18.4. The van der Waals surface area contributed by atoms with E-state index < -0.39 is 0 Å². The Balaban J connectivity index is 1.28. The van der Waals surface area contributed by atoms with Crippen molar-refractivity contribution in [2.24, 2.45) is 5.92 Å². The Morgan fingerprint density at radius 3 is 2.78 bits per heavy atom. The number of thiazole rings is 1. The van der Waals surface area contributed by atoms with E-state index in [1.54, 1.807) is 11.3 Å². The molecule has 0 spiro atoms. The molecule has 0 unspecified atom stereocenters. The number of piperidine rings is 1. The number of nitrogens with zero attached hydrogens (tertiary/aromatic N) is 5. The summed E-state index contributed by atoms with van der Waals surface area (Å²) >= 11 is 1.57. The van der Waals surface area contributed by atoms with Gasteiger partial charge in [-0.05, 0) is 38.5 Å². The normalized spacial score (nSPS) is 18.9. The number of imidazole rings is 2. The molecule has 3 aromatic rings. The molecule has 1 aliphatic carbocycles. The lowest BCUT2D eigenvalue weighted by atomic mass is 9.85. The average molecular weight is 384 g/mol. The molecule has 1 amide bonds. The monoisotopic (exact) mass is 383 g/mol. The minimum atomic E-state index is 0.106. The molecule has 2 fully saturated rings. The van der Waals surface area contributed by atoms with Gasteiger partial charge in [0.2, 0.25) is 0 Å². The number of aryl methyl sites for hydroxylation is 1. The van der Waals surface area contributed by atoms with Crippen LogP contribution in [-0.4, -0.2) is 42.8 Å². The summed E-state index contributed by atoms with van der Waals surface area (Å²) in [6.07, 6.45) is 12.1. The van der Waals surface area contributed by atoms with Crippen LogP contribution in [0.3, 0.4) is 0 Å². The molecule has 3 aromatic heterocycles. The van der Waals surface area contributed by atoms with Gasteiger partial charge in [-0.2, -0.15) is 0 Å². The van der Waals surface area contributed by atoms with Crippen molar-refractivity contribution in [2.45, 2.75) is 51.5 Å². The molecular weight excluding hydrogens is 358 g/mol. The smallest absolute Gasteiger partial charge is 0.272 e. The van der Waals surface area contributed by atoms with Gasteiger partial charge in [0.25, 0.3) is 5.91 Å². The van der Waals surface area contributed by atoms with Crippen LogP contribution in [-0.2, 0) is 6.54 Å². The van der Waals surface area contributed by atoms with Crippen molar-refractivity contribution >= 4 is 22.2 Å². The molecule has 0 atom stereocenters. The van der Waals surface area contributed by atoms with Crippen LogP contribution in [0.1, 0.15) is 60.0 Å². The largest absolute Gasteiger partial charge is 0.337 e. The van der Waals surface area contributed by atoms with Crippen LogP contribution in [0.25, 0.3) is 4.96 Å². The topological polar surface area (TPSA) is 55.4 Å². The van der Waals surface area contributed by atoms with Crippen LogP contribution in [0, 0.1) is 12.8 Å². The minimum absolute atomic E-state index is 0.106. The summed E-state index contributed by atoms with van der Waals surface area (Å²) in [7, 11) is 0. The standard InChI is InChI=1S/C20H25N5OS/c1-14-17(25-11-12-27-20(25)22-14)19(26)23-8-5-16(6-9-23)18-21-7-10-24(18)13-15-3-2-4-15/h7,10-12,15-16H,2-6,8-9,13H2,1H3. The first kappa shape index (κ1) is 17.0. The lowest BCUT2D eigenvalue weighted by Crippen LogP contribution is -2.39. The number of carbonyl (C=O) groups excluding carboxylic acids is 1. The van der Waals surface area contributed by atoms with Gasteiger partial charge in [-0.1, -0.05) is 6.42 Å². The first-order valence-corrected chi connectivity index (χ1v) is 10.8. The van der Waals surface area contributed by atoms with Crippen LogP contribution in [0.15, 0.2) is 24.0 Å². The van der Waals surface area contributed by atoms with Gasteiger partial charge in [-0.3, -0.25) is 9.20 Å². The SMILES string of the molecule is Cc1nc2sccn2c1C(=O)N1CCC(c2nccn2CC2CCC2)CC1. The molecule has 1 aliphatic heterocycles. The van der Waals surface area contributed by atoms with Crippen LogP contribution >= 0.6 is 11.3 Å². The Morgan fingerprint density at radius 1 is 1.22 bits per heavy atom. The third-order valence-corrected chi connectivity index (χ3v) is 6.97. The Bertz CT molecular complexity index is 958. The highest BCUT2D eigenvalue weighted by atomic mass is 32.1. The van der Waals surface area contributed by atoms with Crippen molar-refractivity contribution in [1.29, 1.82) is 0 Å². The Hall–Kier alpha value is -2.15. The van der Waals surface area contributed by atoms with Gasteiger partial charge in [-0.15, -0.1) is 11.3 Å². The molecule has 1 saturated heterocycles. The van der Waals surface area contributed by atoms with E-state index in [-0.39, 0.29) is 5.91 Å². The molecule has 1 saturated carbocycles. The second kappa shape index (κ2) is 6.78. The van der Waals surface area contributed by atoms with E-state index in [0.717, 1.165) is 54.7 Å². The number of amides is 1. The van der Waals surface area contributed by atoms with Crippen molar-refractivity contribution < 1.29 is 4.79 Å². The average Bonchev–Trinajstić information content (AvgIpc) is 3.33. The second-order valence-corrected chi connectivity index (χ2v) is 8.78. The van der Waals surface area contributed by atoms with Crippen LogP contribution in [0.2, 0.25) is 0 Å². The summed E-state index contributed by atoms with van der Waals surface area (Å²) in [5.74, 6) is 2.61. The Morgan fingerprint density at radius 2 is 2.04 bits per heavy atom. The number of hydrogen-bond donors (Lipinski definition) is 0. The highest BCUT2D eigenvalue weighted by molar-refractivity contribution is 7.15. The van der Waals surface area contributed by atoms with Gasteiger partial charge in [-0.25, -0.2) is 9.97 Å². The zero-order valence-electron chi connectivity index (χ0n) is 15.7. The fourth-order valence-corrected chi connectivity index (χ4v) is 5.19. The first-order chi connectivity index (χ1) is 13.2. The third-order valence-electron chi connectivity index (χ3n) is 6.21. The maximum Gasteiger partial charge on any atom is 0.272 e. The Kier molecular flexibility index (Phi) is 4.27. The van der Waals surface area contributed by atoms with Crippen molar-refractivity contribution in [3.8, 4) is 0 Å². The van der Waals surface area contributed by atoms with Crippen molar-refractivity contribution in [3.63, 3.8) is 0 Å². The summed E-state index contributed by atoms with van der Waals surface area (Å²) < 4.78 is 4.29. The predicted molar refractivity (Wildman–Crippen MR) is 105 cm³/mol. The molecule has 0 N–H and O–H groups in total. The number of likely N-dealkylation sites (tertiary alicyclic amines) is 1. The molecule has 7 heteroatoms. The van der Waals surface area contributed by atoms with E-state index in [1.165, 1.54) is 25.1 Å². The number of carbonyl (C=O) groups is 1. The van der Waals surface area contributed by atoms with Crippen LogP contribution in [0.4, 0.5) is 0 Å². The number of hydrogen-bond acceptors (Lipinski definition) is 4. The molecule has 142 valence electrons. The number of aromatic nitrogens is 4. The highest BCUT2D eigenvalue weighted by Gasteiger charge is 2.30. The quantitative estimate of drug-likeness (QED) is 0.690. The molecule has 5 rings (SSSR count). The number of rotatable bonds is 4. The molecule has 4 heterocycles. The van der Waals surface area contributed by atoms with E-state index in [1.807, 2.05) is 34.0 Å². The molecule has 6 nitrogen and oxygen atoms in total. The molecule has 0 aromatic carbocycles. The maximum atomic E-state index is 13.1. The molecular formula is C20H25N5OS. The Labute approximate surface area is 162 Å².